The monoisotopic (exact) mass is 226 g/mol. The van der Waals surface area contributed by atoms with Crippen LogP contribution >= 0.6 is 0 Å². The van der Waals surface area contributed by atoms with Crippen molar-refractivity contribution in [1.29, 1.82) is 0 Å². The molecule has 0 saturated heterocycles. The molecule has 0 N–H and O–H groups in total. The van der Waals surface area contributed by atoms with Gasteiger partial charge in [-0.1, -0.05) is 32.0 Å². The number of hydrogen-bond acceptors (Lipinski definition) is 0. The van der Waals surface area contributed by atoms with E-state index in [9.17, 15) is 0 Å². The molecule has 17 heavy (non-hydrogen) atoms. The zero-order valence-electron chi connectivity index (χ0n) is 11.8. The van der Waals surface area contributed by atoms with Crippen LogP contribution in [0.4, 0.5) is 0 Å². The highest BCUT2D eigenvalue weighted by Crippen LogP contribution is 2.38. The van der Waals surface area contributed by atoms with Gasteiger partial charge in [0.25, 0.3) is 0 Å². The fraction of sp³-hybridized carbons (Fsp3) is 0.412. The molecule has 0 atom stereocenters. The second-order valence-electron chi connectivity index (χ2n) is 5.49. The fourth-order valence-corrected chi connectivity index (χ4v) is 2.66. The van der Waals surface area contributed by atoms with E-state index in [0.717, 1.165) is 0 Å². The van der Waals surface area contributed by atoms with E-state index in [2.05, 4.69) is 59.7 Å². The van der Waals surface area contributed by atoms with Crippen LogP contribution in [0, 0.1) is 27.7 Å². The average molecular weight is 226 g/mol. The predicted octanol–water partition coefficient (Wildman–Crippen LogP) is 5.15. The van der Waals surface area contributed by atoms with Crippen molar-refractivity contribution in [1.82, 2.24) is 0 Å². The third-order valence-electron chi connectivity index (χ3n) is 4.00. The van der Waals surface area contributed by atoms with E-state index in [0.29, 0.717) is 5.92 Å². The minimum Gasteiger partial charge on any atom is -0.0587 e. The second-order valence-corrected chi connectivity index (χ2v) is 5.49. The molecule has 0 saturated carbocycles. The first kappa shape index (κ1) is 12.2. The number of aryl methyl sites for hydroxylation is 2. The van der Waals surface area contributed by atoms with Crippen LogP contribution < -0.4 is 0 Å². The first-order valence-electron chi connectivity index (χ1n) is 6.43. The lowest BCUT2D eigenvalue weighted by Crippen LogP contribution is -1.90. The lowest BCUT2D eigenvalue weighted by Gasteiger charge is -2.10. The molecule has 0 aliphatic heterocycles. The van der Waals surface area contributed by atoms with Gasteiger partial charge in [-0.2, -0.15) is 0 Å². The van der Waals surface area contributed by atoms with Crippen molar-refractivity contribution in [2.75, 3.05) is 0 Å². The third kappa shape index (κ3) is 1.86. The molecule has 0 heterocycles. The summed E-state index contributed by atoms with van der Waals surface area (Å²) in [5.74, 6) is 0.590. The number of fused-ring (bicyclic) bond motifs is 1. The summed E-state index contributed by atoms with van der Waals surface area (Å²) in [6.45, 7) is 13.5. The van der Waals surface area contributed by atoms with Gasteiger partial charge in [0.1, 0.15) is 0 Å². The van der Waals surface area contributed by atoms with E-state index in [-0.39, 0.29) is 0 Å². The highest BCUT2D eigenvalue weighted by Gasteiger charge is 2.17. The van der Waals surface area contributed by atoms with Crippen LogP contribution in [0.5, 0.6) is 0 Å². The van der Waals surface area contributed by atoms with Crippen molar-refractivity contribution in [2.45, 2.75) is 47.5 Å². The molecule has 0 aromatic carbocycles. The smallest absolute Gasteiger partial charge is 0.0115 e. The lowest BCUT2D eigenvalue weighted by molar-refractivity contribution is 0.872. The number of rotatable bonds is 1. The van der Waals surface area contributed by atoms with Crippen LogP contribution in [0.1, 0.15) is 47.6 Å². The Morgan fingerprint density at radius 3 is 2.00 bits per heavy atom. The minimum atomic E-state index is 0.590. The van der Waals surface area contributed by atoms with Crippen LogP contribution in [0.3, 0.4) is 0 Å². The zero-order chi connectivity index (χ0) is 12.7. The summed E-state index contributed by atoms with van der Waals surface area (Å²) >= 11 is 0. The Bertz CT molecular complexity index is 533. The Hall–Kier alpha value is -1.30. The number of hydrogen-bond donors (Lipinski definition) is 0. The van der Waals surface area contributed by atoms with Gasteiger partial charge in [-0.25, -0.2) is 0 Å². The predicted molar refractivity (Wildman–Crippen MR) is 76.1 cm³/mol. The fourth-order valence-electron chi connectivity index (χ4n) is 2.66. The van der Waals surface area contributed by atoms with Gasteiger partial charge in [0.2, 0.25) is 0 Å². The summed E-state index contributed by atoms with van der Waals surface area (Å²) in [6, 6.07) is 6.91. The Labute approximate surface area is 105 Å². The Morgan fingerprint density at radius 2 is 1.41 bits per heavy atom. The Balaban J connectivity index is 2.89. The van der Waals surface area contributed by atoms with Gasteiger partial charge in [0.15, 0.2) is 0 Å². The second kappa shape index (κ2) is 4.18. The van der Waals surface area contributed by atoms with Crippen LogP contribution in [0.15, 0.2) is 18.2 Å². The Kier molecular flexibility index (Phi) is 2.99. The molecule has 0 bridgehead atoms. The van der Waals surface area contributed by atoms with Crippen LogP contribution in [0.2, 0.25) is 0 Å². The topological polar surface area (TPSA) is 0 Å². The van der Waals surface area contributed by atoms with E-state index >= 15 is 0 Å². The molecule has 90 valence electrons. The highest BCUT2D eigenvalue weighted by molar-refractivity contribution is 5.78. The normalized spacial score (nSPS) is 11.5. The van der Waals surface area contributed by atoms with Crippen LogP contribution in [-0.4, -0.2) is 0 Å². The van der Waals surface area contributed by atoms with Crippen molar-refractivity contribution in [2.24, 2.45) is 0 Å². The summed E-state index contributed by atoms with van der Waals surface area (Å²) in [4.78, 5) is 0. The van der Waals surface area contributed by atoms with Gasteiger partial charge < -0.3 is 0 Å². The van der Waals surface area contributed by atoms with Crippen molar-refractivity contribution < 1.29 is 0 Å². The van der Waals surface area contributed by atoms with E-state index in [1.807, 2.05) is 0 Å². The SMILES string of the molecule is Cc1cc(C)c(C)c2c(C(C)C)ccc-2c1C. The quantitative estimate of drug-likeness (QED) is 0.631. The molecular formula is C17H22. The maximum Gasteiger partial charge on any atom is -0.0115 e. The molecule has 0 aromatic rings. The standard InChI is InChI=1S/C17H22/c1-10(2)15-7-8-16-13(5)11(3)9-12(4)14(6)17(15)16/h7-10H,1-6H3. The van der Waals surface area contributed by atoms with Crippen LogP contribution in [0.25, 0.3) is 11.1 Å². The average Bonchev–Trinajstić information content (AvgIpc) is 2.67. The summed E-state index contributed by atoms with van der Waals surface area (Å²) < 4.78 is 0. The molecule has 0 nitrogen and oxygen atoms in total. The van der Waals surface area contributed by atoms with Crippen molar-refractivity contribution >= 4 is 0 Å². The first-order chi connectivity index (χ1) is 7.93. The largest absolute Gasteiger partial charge is 0.0587 e. The zero-order valence-corrected chi connectivity index (χ0v) is 11.8. The van der Waals surface area contributed by atoms with Crippen molar-refractivity contribution in [3.05, 3.63) is 46.0 Å². The molecule has 2 rings (SSSR count). The van der Waals surface area contributed by atoms with Crippen molar-refractivity contribution in [3.63, 3.8) is 0 Å². The molecule has 0 unspecified atom stereocenters. The molecule has 2 aliphatic rings. The molecule has 2 aliphatic carbocycles. The molecule has 0 heteroatoms. The molecule has 0 aromatic heterocycles. The molecule has 0 amide bonds. The van der Waals surface area contributed by atoms with Gasteiger partial charge in [-0.3, -0.25) is 0 Å². The minimum absolute atomic E-state index is 0.590. The van der Waals surface area contributed by atoms with E-state index in [1.54, 1.807) is 0 Å². The molecule has 0 radical (unpaired) electrons. The summed E-state index contributed by atoms with van der Waals surface area (Å²) in [7, 11) is 0. The van der Waals surface area contributed by atoms with Crippen LogP contribution in [-0.2, 0) is 0 Å². The van der Waals surface area contributed by atoms with Gasteiger partial charge in [0, 0.05) is 0 Å². The maximum atomic E-state index is 2.31. The lowest BCUT2D eigenvalue weighted by atomic mass is 9.94. The Morgan fingerprint density at radius 1 is 0.824 bits per heavy atom. The molecule has 0 fully saturated rings. The summed E-state index contributed by atoms with van der Waals surface area (Å²) in [5, 5.41) is 0. The summed E-state index contributed by atoms with van der Waals surface area (Å²) in [5.41, 5.74) is 10.0. The van der Waals surface area contributed by atoms with Gasteiger partial charge in [-0.05, 0) is 72.6 Å². The van der Waals surface area contributed by atoms with Crippen molar-refractivity contribution in [3.8, 4) is 11.1 Å². The van der Waals surface area contributed by atoms with E-state index in [1.165, 1.54) is 38.9 Å². The van der Waals surface area contributed by atoms with E-state index < -0.39 is 0 Å². The van der Waals surface area contributed by atoms with E-state index in [4.69, 9.17) is 0 Å². The highest BCUT2D eigenvalue weighted by atomic mass is 14.2. The van der Waals surface area contributed by atoms with Gasteiger partial charge in [-0.15, -0.1) is 0 Å². The third-order valence-corrected chi connectivity index (χ3v) is 4.00. The first-order valence-corrected chi connectivity index (χ1v) is 6.43. The van der Waals surface area contributed by atoms with Gasteiger partial charge in [0.05, 0.1) is 0 Å². The molecule has 0 spiro atoms. The summed E-state index contributed by atoms with van der Waals surface area (Å²) in [6.07, 6.45) is 0. The van der Waals surface area contributed by atoms with Gasteiger partial charge >= 0.3 is 0 Å². The maximum absolute atomic E-state index is 2.31. The molecular weight excluding hydrogens is 204 g/mol.